The fourth-order valence-corrected chi connectivity index (χ4v) is 2.54. The van der Waals surface area contributed by atoms with Gasteiger partial charge < -0.3 is 10.1 Å². The van der Waals surface area contributed by atoms with Crippen molar-refractivity contribution in [1.82, 2.24) is 0 Å². The maximum absolute atomic E-state index is 13.1. The van der Waals surface area contributed by atoms with Gasteiger partial charge in [0.15, 0.2) is 0 Å². The van der Waals surface area contributed by atoms with Crippen LogP contribution in [0.3, 0.4) is 0 Å². The summed E-state index contributed by atoms with van der Waals surface area (Å²) in [7, 11) is 0. The first-order chi connectivity index (χ1) is 10.1. The number of hydrogen-bond donors (Lipinski definition) is 1. The summed E-state index contributed by atoms with van der Waals surface area (Å²) in [4.78, 5) is 12.2. The lowest BCUT2D eigenvalue weighted by Crippen LogP contribution is -2.32. The van der Waals surface area contributed by atoms with E-state index in [2.05, 4.69) is 5.32 Å². The van der Waals surface area contributed by atoms with E-state index in [0.29, 0.717) is 23.7 Å². The fourth-order valence-electron chi connectivity index (χ4n) is 2.34. The van der Waals surface area contributed by atoms with Crippen molar-refractivity contribution in [3.8, 4) is 5.75 Å². The molecular formula is C16H13ClFNO2. The fraction of sp³-hybridized carbons (Fsp3) is 0.188. The highest BCUT2D eigenvalue weighted by Crippen LogP contribution is 2.30. The van der Waals surface area contributed by atoms with Crippen LogP contribution in [0.5, 0.6) is 5.75 Å². The number of halogens is 2. The van der Waals surface area contributed by atoms with E-state index in [9.17, 15) is 9.18 Å². The number of anilines is 1. The molecule has 2 aromatic carbocycles. The van der Waals surface area contributed by atoms with Crippen LogP contribution in [0.4, 0.5) is 10.1 Å². The molecule has 108 valence electrons. The largest absolute Gasteiger partial charge is 0.492 e. The van der Waals surface area contributed by atoms with Crippen molar-refractivity contribution in [2.24, 2.45) is 5.92 Å². The molecule has 1 heterocycles. The molecule has 2 aromatic rings. The molecule has 0 fully saturated rings. The van der Waals surface area contributed by atoms with Gasteiger partial charge in [0.2, 0.25) is 5.91 Å². The highest BCUT2D eigenvalue weighted by molar-refractivity contribution is 6.30. The van der Waals surface area contributed by atoms with Crippen LogP contribution in [0.1, 0.15) is 5.56 Å². The Morgan fingerprint density at radius 2 is 2.14 bits per heavy atom. The summed E-state index contributed by atoms with van der Waals surface area (Å²) in [6.45, 7) is 0.301. The number of nitrogens with one attached hydrogen (secondary N) is 1. The van der Waals surface area contributed by atoms with Crippen LogP contribution in [0.2, 0.25) is 5.02 Å². The molecule has 1 N–H and O–H groups in total. The average Bonchev–Trinajstić information content (AvgIpc) is 2.46. The zero-order valence-corrected chi connectivity index (χ0v) is 11.9. The van der Waals surface area contributed by atoms with E-state index < -0.39 is 0 Å². The summed E-state index contributed by atoms with van der Waals surface area (Å²) in [5, 5.41) is 3.32. The number of rotatable bonds is 2. The Morgan fingerprint density at radius 1 is 1.29 bits per heavy atom. The van der Waals surface area contributed by atoms with Gasteiger partial charge in [-0.3, -0.25) is 4.79 Å². The summed E-state index contributed by atoms with van der Waals surface area (Å²) < 4.78 is 18.7. The molecule has 0 radical (unpaired) electrons. The maximum atomic E-state index is 13.1. The predicted octanol–water partition coefficient (Wildman–Crippen LogP) is 3.67. The predicted molar refractivity (Wildman–Crippen MR) is 79.2 cm³/mol. The van der Waals surface area contributed by atoms with Gasteiger partial charge in [0.05, 0.1) is 5.92 Å². The van der Waals surface area contributed by atoms with Crippen molar-refractivity contribution in [2.75, 3.05) is 11.9 Å². The van der Waals surface area contributed by atoms with Crippen LogP contribution in [0, 0.1) is 11.7 Å². The summed E-state index contributed by atoms with van der Waals surface area (Å²) in [5.74, 6) is -0.135. The van der Waals surface area contributed by atoms with Crippen molar-refractivity contribution in [3.05, 3.63) is 58.9 Å². The van der Waals surface area contributed by atoms with Crippen LogP contribution in [0.15, 0.2) is 42.5 Å². The minimum Gasteiger partial charge on any atom is -0.492 e. The molecule has 21 heavy (non-hydrogen) atoms. The van der Waals surface area contributed by atoms with Crippen molar-refractivity contribution in [3.63, 3.8) is 0 Å². The molecule has 0 aromatic heterocycles. The lowest BCUT2D eigenvalue weighted by molar-refractivity contribution is -0.121. The van der Waals surface area contributed by atoms with Crippen molar-refractivity contribution in [1.29, 1.82) is 0 Å². The number of benzene rings is 2. The van der Waals surface area contributed by atoms with Gasteiger partial charge in [-0.15, -0.1) is 0 Å². The molecule has 0 bridgehead atoms. The van der Waals surface area contributed by atoms with Gasteiger partial charge in [-0.25, -0.2) is 4.39 Å². The van der Waals surface area contributed by atoms with Gasteiger partial charge in [-0.1, -0.05) is 17.7 Å². The van der Waals surface area contributed by atoms with E-state index in [1.165, 1.54) is 12.1 Å². The van der Waals surface area contributed by atoms with E-state index in [-0.39, 0.29) is 17.6 Å². The first-order valence-electron chi connectivity index (χ1n) is 6.59. The lowest BCUT2D eigenvalue weighted by atomic mass is 9.96. The van der Waals surface area contributed by atoms with Crippen molar-refractivity contribution >= 4 is 23.2 Å². The van der Waals surface area contributed by atoms with Crippen LogP contribution >= 0.6 is 11.6 Å². The van der Waals surface area contributed by atoms with E-state index >= 15 is 0 Å². The third kappa shape index (κ3) is 3.16. The Hall–Kier alpha value is -2.07. The van der Waals surface area contributed by atoms with Gasteiger partial charge in [0.1, 0.15) is 18.2 Å². The van der Waals surface area contributed by atoms with Crippen LogP contribution in [0.25, 0.3) is 0 Å². The summed E-state index contributed by atoms with van der Waals surface area (Å²) in [6.07, 6.45) is 0.553. The van der Waals surface area contributed by atoms with Crippen molar-refractivity contribution < 1.29 is 13.9 Å². The lowest BCUT2D eigenvalue weighted by Gasteiger charge is -2.24. The molecule has 0 saturated heterocycles. The molecule has 1 aliphatic rings. The second-order valence-electron chi connectivity index (χ2n) is 4.96. The van der Waals surface area contributed by atoms with Gasteiger partial charge in [0.25, 0.3) is 0 Å². The van der Waals surface area contributed by atoms with Crippen LogP contribution in [-0.2, 0) is 11.2 Å². The summed E-state index contributed by atoms with van der Waals surface area (Å²) >= 11 is 5.95. The standard InChI is InChI=1S/C16H13ClFNO2/c17-12-4-5-15-10(7-12)6-11(9-21-15)16(20)19-14-3-1-2-13(18)8-14/h1-5,7-8,11H,6,9H2,(H,19,20). The number of carbonyl (C=O) groups excluding carboxylic acids is 1. The molecule has 0 saturated carbocycles. The number of amides is 1. The first-order valence-corrected chi connectivity index (χ1v) is 6.97. The normalized spacial score (nSPS) is 16.8. The van der Waals surface area contributed by atoms with E-state index in [4.69, 9.17) is 16.3 Å². The van der Waals surface area contributed by atoms with Crippen LogP contribution in [-0.4, -0.2) is 12.5 Å². The molecular weight excluding hydrogens is 293 g/mol. The highest BCUT2D eigenvalue weighted by Gasteiger charge is 2.26. The highest BCUT2D eigenvalue weighted by atomic mass is 35.5. The van der Waals surface area contributed by atoms with Gasteiger partial charge in [0, 0.05) is 10.7 Å². The van der Waals surface area contributed by atoms with E-state index in [0.717, 1.165) is 11.3 Å². The Bertz CT molecular complexity index is 690. The minimum absolute atomic E-state index is 0.189. The first kappa shape index (κ1) is 13.9. The topological polar surface area (TPSA) is 38.3 Å². The Kier molecular flexibility index (Phi) is 3.80. The van der Waals surface area contributed by atoms with Gasteiger partial charge >= 0.3 is 0 Å². The monoisotopic (exact) mass is 305 g/mol. The zero-order valence-electron chi connectivity index (χ0n) is 11.1. The number of carbonyl (C=O) groups is 1. The molecule has 5 heteroatoms. The summed E-state index contributed by atoms with van der Waals surface area (Å²) in [5.41, 5.74) is 1.35. The Balaban J connectivity index is 1.72. The second kappa shape index (κ2) is 5.74. The Morgan fingerprint density at radius 3 is 2.95 bits per heavy atom. The minimum atomic E-state index is -0.384. The second-order valence-corrected chi connectivity index (χ2v) is 5.40. The van der Waals surface area contributed by atoms with Crippen LogP contribution < -0.4 is 10.1 Å². The Labute approximate surface area is 126 Å². The average molecular weight is 306 g/mol. The third-order valence-electron chi connectivity index (χ3n) is 3.39. The van der Waals surface area contributed by atoms with E-state index in [1.54, 1.807) is 30.3 Å². The maximum Gasteiger partial charge on any atom is 0.231 e. The summed E-state index contributed by atoms with van der Waals surface area (Å²) in [6, 6.07) is 11.2. The molecule has 1 unspecified atom stereocenters. The molecule has 1 aliphatic heterocycles. The third-order valence-corrected chi connectivity index (χ3v) is 3.63. The smallest absolute Gasteiger partial charge is 0.231 e. The molecule has 0 spiro atoms. The molecule has 1 amide bonds. The number of fused-ring (bicyclic) bond motifs is 1. The molecule has 1 atom stereocenters. The van der Waals surface area contributed by atoms with E-state index in [1.807, 2.05) is 0 Å². The number of hydrogen-bond acceptors (Lipinski definition) is 2. The van der Waals surface area contributed by atoms with Crippen molar-refractivity contribution in [2.45, 2.75) is 6.42 Å². The molecule has 3 rings (SSSR count). The van der Waals surface area contributed by atoms with Gasteiger partial charge in [-0.05, 0) is 48.4 Å². The molecule has 0 aliphatic carbocycles. The SMILES string of the molecule is O=C(Nc1cccc(F)c1)C1COc2ccc(Cl)cc2C1. The quantitative estimate of drug-likeness (QED) is 0.919. The van der Waals surface area contributed by atoms with Gasteiger partial charge in [-0.2, -0.15) is 0 Å². The zero-order chi connectivity index (χ0) is 14.8. The number of ether oxygens (including phenoxy) is 1. The molecule has 3 nitrogen and oxygen atoms in total.